The maximum atomic E-state index is 5.26. The van der Waals surface area contributed by atoms with Gasteiger partial charge in [-0.15, -0.1) is 11.3 Å². The minimum atomic E-state index is -0.334. The van der Waals surface area contributed by atoms with Crippen LogP contribution >= 0.6 is 11.3 Å². The molecule has 0 unspecified atom stereocenters. The van der Waals surface area contributed by atoms with Crippen LogP contribution in [0.2, 0.25) is 0 Å². The summed E-state index contributed by atoms with van der Waals surface area (Å²) >= 11 is 1.80. The Labute approximate surface area is 309 Å². The van der Waals surface area contributed by atoms with E-state index in [1.165, 1.54) is 47.8 Å². The highest BCUT2D eigenvalue weighted by Crippen LogP contribution is 2.52. The number of nitrogens with zero attached hydrogens (tertiary/aromatic N) is 5. The molecule has 0 aliphatic heterocycles. The fraction of sp³-hybridized carbons (Fsp3) is 0.0638. The van der Waals surface area contributed by atoms with Gasteiger partial charge in [-0.05, 0) is 64.7 Å². The molecule has 0 saturated heterocycles. The Bertz CT molecular complexity index is 3050. The van der Waals surface area contributed by atoms with Gasteiger partial charge in [-0.1, -0.05) is 117 Å². The fourth-order valence-corrected chi connectivity index (χ4v) is 9.60. The summed E-state index contributed by atoms with van der Waals surface area (Å²) in [6, 6.07) is 51.6. The molecular weight excluding hydrogens is 667 g/mol. The number of fused-ring (bicyclic) bond motifs is 9. The third-order valence-corrected chi connectivity index (χ3v) is 12.0. The summed E-state index contributed by atoms with van der Waals surface area (Å²) in [4.78, 5) is 20.4. The maximum absolute atomic E-state index is 5.26. The minimum absolute atomic E-state index is 0.334. The molecule has 4 heterocycles. The number of pyridine rings is 1. The van der Waals surface area contributed by atoms with Gasteiger partial charge in [0.2, 0.25) is 0 Å². The average Bonchev–Trinajstić information content (AvgIpc) is 3.83. The maximum Gasteiger partial charge on any atom is 0.164 e. The SMILES string of the molecule is CC1(C)c2cc(-n3c4ccccc4c4cccnc43)ccc2-c2cccc(-c3nc(-c4ccccc4)nc(-c4ccc5c(c4)sc4ccccc45)n3)c21. The number of rotatable bonds is 4. The number of hydrogen-bond acceptors (Lipinski definition) is 5. The Morgan fingerprint density at radius 1 is 0.509 bits per heavy atom. The number of thiophene rings is 1. The molecule has 1 aliphatic carbocycles. The summed E-state index contributed by atoms with van der Waals surface area (Å²) in [5.41, 5.74) is 10.8. The molecule has 0 fully saturated rings. The van der Waals surface area contributed by atoms with Gasteiger partial charge < -0.3 is 0 Å². The van der Waals surface area contributed by atoms with Crippen LogP contribution in [0, 0.1) is 0 Å². The Morgan fingerprint density at radius 2 is 1.23 bits per heavy atom. The third kappa shape index (κ3) is 4.49. The molecule has 0 bridgehead atoms. The van der Waals surface area contributed by atoms with Crippen molar-refractivity contribution in [2.75, 3.05) is 0 Å². The molecule has 0 radical (unpaired) electrons. The molecule has 6 aromatic carbocycles. The molecule has 0 amide bonds. The molecule has 4 aromatic heterocycles. The van der Waals surface area contributed by atoms with Crippen molar-refractivity contribution >= 4 is 53.4 Å². The van der Waals surface area contributed by atoms with Crippen LogP contribution in [0.1, 0.15) is 25.0 Å². The van der Waals surface area contributed by atoms with Gasteiger partial charge in [0.05, 0.1) is 5.52 Å². The van der Waals surface area contributed by atoms with Crippen LogP contribution in [0.25, 0.3) is 93.1 Å². The summed E-state index contributed by atoms with van der Waals surface area (Å²) < 4.78 is 4.79. The van der Waals surface area contributed by atoms with Crippen molar-refractivity contribution in [3.63, 3.8) is 0 Å². The van der Waals surface area contributed by atoms with Crippen molar-refractivity contribution in [1.82, 2.24) is 24.5 Å². The van der Waals surface area contributed by atoms with E-state index in [2.05, 4.69) is 140 Å². The molecule has 0 saturated carbocycles. The first-order valence-electron chi connectivity index (χ1n) is 17.9. The van der Waals surface area contributed by atoms with Gasteiger partial charge in [0.25, 0.3) is 0 Å². The molecule has 250 valence electrons. The average molecular weight is 698 g/mol. The molecule has 0 spiro atoms. The lowest BCUT2D eigenvalue weighted by Crippen LogP contribution is -2.17. The zero-order valence-corrected chi connectivity index (χ0v) is 29.9. The van der Waals surface area contributed by atoms with Gasteiger partial charge >= 0.3 is 0 Å². The van der Waals surface area contributed by atoms with Crippen molar-refractivity contribution in [3.8, 4) is 51.0 Å². The first kappa shape index (κ1) is 30.2. The highest BCUT2D eigenvalue weighted by molar-refractivity contribution is 7.25. The number of benzene rings is 6. The summed E-state index contributed by atoms with van der Waals surface area (Å²) in [6.07, 6.45) is 1.88. The van der Waals surface area contributed by atoms with Crippen molar-refractivity contribution in [3.05, 3.63) is 163 Å². The molecular formula is C47H31N5S. The van der Waals surface area contributed by atoms with E-state index in [0.717, 1.165) is 38.9 Å². The Hall–Kier alpha value is -6.50. The zero-order chi connectivity index (χ0) is 35.3. The second-order valence-electron chi connectivity index (χ2n) is 14.3. The minimum Gasteiger partial charge on any atom is -0.294 e. The Morgan fingerprint density at radius 3 is 2.11 bits per heavy atom. The van der Waals surface area contributed by atoms with E-state index in [0.29, 0.717) is 17.5 Å². The lowest BCUT2D eigenvalue weighted by molar-refractivity contribution is 0.660. The molecule has 0 N–H and O–H groups in total. The predicted molar refractivity (Wildman–Crippen MR) is 219 cm³/mol. The number of hydrogen-bond donors (Lipinski definition) is 0. The smallest absolute Gasteiger partial charge is 0.164 e. The predicted octanol–water partition coefficient (Wildman–Crippen LogP) is 12.0. The first-order valence-corrected chi connectivity index (χ1v) is 18.7. The van der Waals surface area contributed by atoms with Gasteiger partial charge in [-0.25, -0.2) is 19.9 Å². The van der Waals surface area contributed by atoms with Crippen molar-refractivity contribution < 1.29 is 0 Å². The Balaban J connectivity index is 1.09. The van der Waals surface area contributed by atoms with Crippen molar-refractivity contribution in [2.24, 2.45) is 0 Å². The van der Waals surface area contributed by atoms with Crippen LogP contribution in [0.5, 0.6) is 0 Å². The first-order chi connectivity index (χ1) is 26.0. The zero-order valence-electron chi connectivity index (χ0n) is 29.1. The van der Waals surface area contributed by atoms with Crippen LogP contribution in [-0.2, 0) is 5.41 Å². The third-order valence-electron chi connectivity index (χ3n) is 10.9. The summed E-state index contributed by atoms with van der Waals surface area (Å²) in [5.74, 6) is 2.00. The van der Waals surface area contributed by atoms with E-state index in [4.69, 9.17) is 19.9 Å². The van der Waals surface area contributed by atoms with E-state index in [1.54, 1.807) is 11.3 Å². The summed E-state index contributed by atoms with van der Waals surface area (Å²) in [6.45, 7) is 4.65. The van der Waals surface area contributed by atoms with Gasteiger partial charge in [0.1, 0.15) is 5.65 Å². The molecule has 5 nitrogen and oxygen atoms in total. The van der Waals surface area contributed by atoms with Gasteiger partial charge in [0, 0.05) is 64.9 Å². The molecule has 6 heteroatoms. The standard InChI is InChI=1S/C47H31N5S/c1-47(2)38-27-30(52-39-19-8-6-14-32(39)36-18-11-25-48-46(36)52)22-24-31(38)35-16-10-17-37(42(35)47)45-50-43(28-12-4-3-5-13-28)49-44(51-45)29-21-23-34-33-15-7-9-20-40(33)53-41(34)26-29/h3-27H,1-2H3. The second-order valence-corrected chi connectivity index (χ2v) is 15.4. The monoisotopic (exact) mass is 697 g/mol. The van der Waals surface area contributed by atoms with Crippen LogP contribution in [0.3, 0.4) is 0 Å². The van der Waals surface area contributed by atoms with Gasteiger partial charge in [-0.2, -0.15) is 0 Å². The van der Waals surface area contributed by atoms with Crippen molar-refractivity contribution in [1.29, 1.82) is 0 Å². The molecule has 10 aromatic rings. The summed E-state index contributed by atoms with van der Waals surface area (Å²) in [7, 11) is 0. The lowest BCUT2D eigenvalue weighted by Gasteiger charge is -2.24. The topological polar surface area (TPSA) is 56.5 Å². The van der Waals surface area contributed by atoms with Crippen molar-refractivity contribution in [2.45, 2.75) is 19.3 Å². The van der Waals surface area contributed by atoms with Crippen LogP contribution < -0.4 is 0 Å². The van der Waals surface area contributed by atoms with E-state index in [-0.39, 0.29) is 5.41 Å². The van der Waals surface area contributed by atoms with E-state index >= 15 is 0 Å². The molecule has 11 rings (SSSR count). The quantitative estimate of drug-likeness (QED) is 0.184. The number of para-hydroxylation sites is 1. The molecule has 0 atom stereocenters. The largest absolute Gasteiger partial charge is 0.294 e. The van der Waals surface area contributed by atoms with Gasteiger partial charge in [-0.3, -0.25) is 4.57 Å². The highest BCUT2D eigenvalue weighted by atomic mass is 32.1. The second kappa shape index (κ2) is 11.2. The fourth-order valence-electron chi connectivity index (χ4n) is 8.46. The van der Waals surface area contributed by atoms with E-state index < -0.39 is 0 Å². The van der Waals surface area contributed by atoms with Crippen LogP contribution in [0.4, 0.5) is 0 Å². The summed E-state index contributed by atoms with van der Waals surface area (Å²) in [5, 5.41) is 4.88. The van der Waals surface area contributed by atoms with Gasteiger partial charge in [0.15, 0.2) is 17.5 Å². The van der Waals surface area contributed by atoms with Crippen LogP contribution in [-0.4, -0.2) is 24.5 Å². The van der Waals surface area contributed by atoms with E-state index in [9.17, 15) is 0 Å². The highest BCUT2D eigenvalue weighted by Gasteiger charge is 2.38. The normalized spacial score (nSPS) is 13.2. The Kier molecular flexibility index (Phi) is 6.40. The van der Waals surface area contributed by atoms with E-state index in [1.807, 2.05) is 30.5 Å². The molecule has 1 aliphatic rings. The van der Waals surface area contributed by atoms with Crippen LogP contribution in [0.15, 0.2) is 152 Å². The number of aromatic nitrogens is 5. The molecule has 53 heavy (non-hydrogen) atoms. The lowest BCUT2D eigenvalue weighted by atomic mass is 9.80.